The lowest BCUT2D eigenvalue weighted by Gasteiger charge is -2.19. The van der Waals surface area contributed by atoms with Gasteiger partial charge in [-0.15, -0.1) is 0 Å². The van der Waals surface area contributed by atoms with Crippen molar-refractivity contribution in [2.75, 3.05) is 20.8 Å². The summed E-state index contributed by atoms with van der Waals surface area (Å²) in [7, 11) is 2.88. The molecule has 0 saturated heterocycles. The van der Waals surface area contributed by atoms with Gasteiger partial charge in [-0.1, -0.05) is 0 Å². The van der Waals surface area contributed by atoms with E-state index in [1.165, 1.54) is 21.1 Å². The van der Waals surface area contributed by atoms with Crippen LogP contribution in [0.25, 0.3) is 0 Å². The number of aryl methyl sites for hydroxylation is 1. The van der Waals surface area contributed by atoms with Crippen LogP contribution in [0.15, 0.2) is 12.1 Å². The van der Waals surface area contributed by atoms with Crippen molar-refractivity contribution in [1.82, 2.24) is 5.32 Å². The smallest absolute Gasteiger partial charge is 0.471 e. The zero-order valence-electron chi connectivity index (χ0n) is 15.7. The van der Waals surface area contributed by atoms with Gasteiger partial charge >= 0.3 is 18.1 Å². The summed E-state index contributed by atoms with van der Waals surface area (Å²) in [6, 6.07) is 2.53. The van der Waals surface area contributed by atoms with E-state index in [9.17, 15) is 22.8 Å². The maximum absolute atomic E-state index is 12.4. The molecule has 152 valence electrons. The second kappa shape index (κ2) is 10.0. The number of hydrogen-bond donors (Lipinski definition) is 1. The molecule has 1 unspecified atom stereocenters. The molecule has 0 radical (unpaired) electrons. The van der Waals surface area contributed by atoms with Gasteiger partial charge in [0.1, 0.15) is 11.5 Å². The maximum Gasteiger partial charge on any atom is 0.471 e. The van der Waals surface area contributed by atoms with Crippen molar-refractivity contribution in [3.63, 3.8) is 0 Å². The minimum Gasteiger partial charge on any atom is -0.496 e. The maximum atomic E-state index is 12.4. The highest BCUT2D eigenvalue weighted by atomic mass is 19.4. The lowest BCUT2D eigenvalue weighted by Crippen LogP contribution is -2.42. The SMILES string of the molecule is CCOC(=O)CCc1cc(OC)c(CC(C)NC(=O)C(F)(F)F)cc1OC. The van der Waals surface area contributed by atoms with E-state index in [1.807, 2.05) is 5.32 Å². The van der Waals surface area contributed by atoms with Crippen molar-refractivity contribution >= 4 is 11.9 Å². The van der Waals surface area contributed by atoms with Crippen LogP contribution in [0.5, 0.6) is 11.5 Å². The topological polar surface area (TPSA) is 73.9 Å². The van der Waals surface area contributed by atoms with Crippen LogP contribution in [-0.4, -0.2) is 44.9 Å². The Hall–Kier alpha value is -2.45. The van der Waals surface area contributed by atoms with Crippen LogP contribution in [0.2, 0.25) is 0 Å². The second-order valence-electron chi connectivity index (χ2n) is 5.86. The fourth-order valence-corrected chi connectivity index (χ4v) is 2.54. The number of hydrogen-bond acceptors (Lipinski definition) is 5. The predicted octanol–water partition coefficient (Wildman–Crippen LogP) is 2.81. The Labute approximate surface area is 156 Å². The monoisotopic (exact) mass is 391 g/mol. The average molecular weight is 391 g/mol. The lowest BCUT2D eigenvalue weighted by atomic mass is 10.00. The summed E-state index contributed by atoms with van der Waals surface area (Å²) < 4.78 is 52.6. The first-order valence-electron chi connectivity index (χ1n) is 8.39. The van der Waals surface area contributed by atoms with Gasteiger partial charge in [-0.3, -0.25) is 9.59 Å². The second-order valence-corrected chi connectivity index (χ2v) is 5.86. The van der Waals surface area contributed by atoms with Gasteiger partial charge in [-0.05, 0) is 49.9 Å². The number of carbonyl (C=O) groups is 2. The normalized spacial score (nSPS) is 12.3. The molecule has 0 aliphatic rings. The molecule has 0 heterocycles. The predicted molar refractivity (Wildman–Crippen MR) is 91.9 cm³/mol. The minimum absolute atomic E-state index is 0.111. The third kappa shape index (κ3) is 6.99. The van der Waals surface area contributed by atoms with Crippen LogP contribution in [0.3, 0.4) is 0 Å². The number of amides is 1. The molecule has 0 saturated carbocycles. The molecule has 0 bridgehead atoms. The lowest BCUT2D eigenvalue weighted by molar-refractivity contribution is -0.174. The van der Waals surface area contributed by atoms with Gasteiger partial charge in [-0.2, -0.15) is 13.2 Å². The number of nitrogens with one attached hydrogen (secondary N) is 1. The van der Waals surface area contributed by atoms with Gasteiger partial charge in [0.25, 0.3) is 0 Å². The number of ether oxygens (including phenoxy) is 3. The van der Waals surface area contributed by atoms with Crippen molar-refractivity contribution in [2.45, 2.75) is 45.3 Å². The van der Waals surface area contributed by atoms with Crippen LogP contribution < -0.4 is 14.8 Å². The molecule has 0 fully saturated rings. The first kappa shape index (κ1) is 22.6. The van der Waals surface area contributed by atoms with Gasteiger partial charge in [-0.25, -0.2) is 0 Å². The summed E-state index contributed by atoms with van der Waals surface area (Å²) >= 11 is 0. The Kier molecular flexibility index (Phi) is 8.39. The zero-order chi connectivity index (χ0) is 20.6. The van der Waals surface area contributed by atoms with E-state index in [4.69, 9.17) is 14.2 Å². The third-order valence-electron chi connectivity index (χ3n) is 3.75. The summed E-state index contributed by atoms with van der Waals surface area (Å²) in [5.74, 6) is -1.43. The molecule has 1 rings (SSSR count). The fourth-order valence-electron chi connectivity index (χ4n) is 2.54. The van der Waals surface area contributed by atoms with Crippen molar-refractivity contribution in [1.29, 1.82) is 0 Å². The van der Waals surface area contributed by atoms with E-state index in [-0.39, 0.29) is 18.8 Å². The molecule has 1 amide bonds. The molecule has 0 aliphatic carbocycles. The number of alkyl halides is 3. The Morgan fingerprint density at radius 1 is 1.11 bits per heavy atom. The minimum atomic E-state index is -4.94. The zero-order valence-corrected chi connectivity index (χ0v) is 15.7. The quantitative estimate of drug-likeness (QED) is 0.656. The van der Waals surface area contributed by atoms with Crippen LogP contribution >= 0.6 is 0 Å². The van der Waals surface area contributed by atoms with Crippen LogP contribution in [0.4, 0.5) is 13.2 Å². The van der Waals surface area contributed by atoms with Crippen LogP contribution in [-0.2, 0) is 27.2 Å². The highest BCUT2D eigenvalue weighted by molar-refractivity contribution is 5.81. The Morgan fingerprint density at radius 2 is 1.67 bits per heavy atom. The standard InChI is InChI=1S/C18H24F3NO5/c1-5-27-16(23)7-6-12-9-15(26-4)13(10-14(12)25-3)8-11(2)22-17(24)18(19,20)21/h9-11H,5-8H2,1-4H3,(H,22,24). The number of esters is 1. The van der Waals surface area contributed by atoms with E-state index in [0.717, 1.165) is 0 Å². The summed E-state index contributed by atoms with van der Waals surface area (Å²) in [6.07, 6.45) is -4.31. The Balaban J connectivity index is 2.95. The molecule has 1 aromatic carbocycles. The van der Waals surface area contributed by atoms with E-state index in [1.54, 1.807) is 19.1 Å². The number of rotatable bonds is 9. The van der Waals surface area contributed by atoms with Crippen molar-refractivity contribution in [3.8, 4) is 11.5 Å². The van der Waals surface area contributed by atoms with Gasteiger partial charge < -0.3 is 19.5 Å². The van der Waals surface area contributed by atoms with Crippen LogP contribution in [0, 0.1) is 0 Å². The Morgan fingerprint density at radius 3 is 2.19 bits per heavy atom. The molecule has 27 heavy (non-hydrogen) atoms. The summed E-state index contributed by atoms with van der Waals surface area (Å²) in [6.45, 7) is 3.47. The van der Waals surface area contributed by atoms with Crippen molar-refractivity contribution in [2.24, 2.45) is 0 Å². The highest BCUT2D eigenvalue weighted by Crippen LogP contribution is 2.31. The number of halogens is 3. The Bertz CT molecular complexity index is 661. The van der Waals surface area contributed by atoms with E-state index >= 15 is 0 Å². The largest absolute Gasteiger partial charge is 0.496 e. The van der Waals surface area contributed by atoms with Gasteiger partial charge in [0.15, 0.2) is 0 Å². The first-order valence-corrected chi connectivity index (χ1v) is 8.39. The molecular formula is C18H24F3NO5. The van der Waals surface area contributed by atoms with E-state index in [2.05, 4.69) is 0 Å². The third-order valence-corrected chi connectivity index (χ3v) is 3.75. The molecule has 1 aromatic rings. The highest BCUT2D eigenvalue weighted by Gasteiger charge is 2.39. The molecule has 0 aliphatic heterocycles. The molecule has 0 aromatic heterocycles. The number of methoxy groups -OCH3 is 2. The molecule has 9 heteroatoms. The summed E-state index contributed by atoms with van der Waals surface area (Å²) in [4.78, 5) is 22.6. The van der Waals surface area contributed by atoms with Gasteiger partial charge in [0.05, 0.1) is 20.8 Å². The first-order chi connectivity index (χ1) is 12.6. The van der Waals surface area contributed by atoms with Crippen LogP contribution in [0.1, 0.15) is 31.4 Å². The average Bonchev–Trinajstić information content (AvgIpc) is 2.59. The molecular weight excluding hydrogens is 367 g/mol. The summed E-state index contributed by atoms with van der Waals surface area (Å²) in [5, 5.41) is 1.90. The molecule has 6 nitrogen and oxygen atoms in total. The number of benzene rings is 1. The van der Waals surface area contributed by atoms with E-state index in [0.29, 0.717) is 35.7 Å². The number of carbonyl (C=O) groups excluding carboxylic acids is 2. The summed E-state index contributed by atoms with van der Waals surface area (Å²) in [5.41, 5.74) is 1.28. The van der Waals surface area contributed by atoms with Crippen molar-refractivity contribution < 1.29 is 37.0 Å². The van der Waals surface area contributed by atoms with Gasteiger partial charge in [0.2, 0.25) is 0 Å². The van der Waals surface area contributed by atoms with E-state index < -0.39 is 18.1 Å². The van der Waals surface area contributed by atoms with Gasteiger partial charge in [0, 0.05) is 12.5 Å². The molecule has 1 atom stereocenters. The molecule has 0 spiro atoms. The van der Waals surface area contributed by atoms with Crippen molar-refractivity contribution in [3.05, 3.63) is 23.3 Å². The fraction of sp³-hybridized carbons (Fsp3) is 0.556. The molecule has 1 N–H and O–H groups in total.